The smallest absolute Gasteiger partial charge is 0.408 e. The van der Waals surface area contributed by atoms with Crippen LogP contribution in [0.25, 0.3) is 0 Å². The van der Waals surface area contributed by atoms with Crippen LogP contribution in [-0.4, -0.2) is 44.0 Å². The van der Waals surface area contributed by atoms with Crippen molar-refractivity contribution >= 4 is 23.7 Å². The van der Waals surface area contributed by atoms with Gasteiger partial charge in [0.1, 0.15) is 17.3 Å². The molecule has 0 saturated heterocycles. The van der Waals surface area contributed by atoms with E-state index in [9.17, 15) is 14.4 Å². The van der Waals surface area contributed by atoms with Gasteiger partial charge in [0.2, 0.25) is 0 Å². The number of amides is 3. The van der Waals surface area contributed by atoms with Gasteiger partial charge in [-0.3, -0.25) is 24.4 Å². The molecule has 0 aliphatic carbocycles. The molecule has 2 aromatic rings. The van der Waals surface area contributed by atoms with E-state index >= 15 is 0 Å². The van der Waals surface area contributed by atoms with E-state index in [2.05, 4.69) is 21.2 Å². The molecule has 146 valence electrons. The summed E-state index contributed by atoms with van der Waals surface area (Å²) in [5.41, 5.74) is 2.09. The van der Waals surface area contributed by atoms with E-state index in [1.165, 1.54) is 17.8 Å². The van der Waals surface area contributed by atoms with Gasteiger partial charge < -0.3 is 15.4 Å². The number of aryl methyl sites for hydroxylation is 1. The predicted octanol–water partition coefficient (Wildman–Crippen LogP) is 1.46. The van der Waals surface area contributed by atoms with Crippen molar-refractivity contribution in [1.29, 1.82) is 0 Å². The van der Waals surface area contributed by atoms with Gasteiger partial charge in [-0.15, -0.1) is 0 Å². The van der Waals surface area contributed by atoms with E-state index in [1.54, 1.807) is 56.9 Å². The minimum Gasteiger partial charge on any atom is -0.444 e. The number of hydrogen-bond acceptors (Lipinski definition) is 5. The maximum absolute atomic E-state index is 12.4. The van der Waals surface area contributed by atoms with Crippen molar-refractivity contribution in [1.82, 2.24) is 19.8 Å². The minimum absolute atomic E-state index is 0.207. The molecule has 0 spiro atoms. The molecule has 2 rings (SSSR count). The average molecular weight is 376 g/mol. The lowest BCUT2D eigenvalue weighted by Gasteiger charge is -2.22. The highest BCUT2D eigenvalue weighted by atomic mass is 16.6. The fourth-order valence-electron chi connectivity index (χ4n) is 2.09. The Bertz CT molecular complexity index is 833. The highest BCUT2D eigenvalue weighted by molar-refractivity contribution is 6.03. The summed E-state index contributed by atoms with van der Waals surface area (Å²) in [5, 5.41) is 9.14. The topological polar surface area (TPSA) is 119 Å². The molecule has 2 heterocycles. The first kappa shape index (κ1) is 20.0. The van der Waals surface area contributed by atoms with Crippen LogP contribution < -0.4 is 16.1 Å². The molecule has 0 aliphatic heterocycles. The molecule has 0 bridgehead atoms. The maximum atomic E-state index is 12.4. The number of ether oxygens (including phenoxy) is 1. The van der Waals surface area contributed by atoms with Crippen LogP contribution in [0.1, 0.15) is 38.2 Å². The van der Waals surface area contributed by atoms with Gasteiger partial charge in [-0.25, -0.2) is 4.79 Å². The zero-order chi connectivity index (χ0) is 20.2. The number of rotatable bonds is 5. The van der Waals surface area contributed by atoms with Gasteiger partial charge in [-0.2, -0.15) is 5.10 Å². The lowest BCUT2D eigenvalue weighted by Crippen LogP contribution is -2.46. The quantitative estimate of drug-likeness (QED) is 0.730. The third-order valence-electron chi connectivity index (χ3n) is 3.29. The van der Waals surface area contributed by atoms with Gasteiger partial charge in [-0.05, 0) is 39.8 Å². The fourth-order valence-corrected chi connectivity index (χ4v) is 2.09. The Balaban J connectivity index is 1.97. The van der Waals surface area contributed by atoms with Crippen molar-refractivity contribution < 1.29 is 19.1 Å². The van der Waals surface area contributed by atoms with Crippen LogP contribution in [0.2, 0.25) is 0 Å². The molecule has 3 N–H and O–H groups in total. The highest BCUT2D eigenvalue weighted by Gasteiger charge is 2.22. The molecular weight excluding hydrogens is 352 g/mol. The Morgan fingerprint density at radius 3 is 2.48 bits per heavy atom. The number of anilines is 1. The largest absolute Gasteiger partial charge is 0.444 e. The second-order valence-corrected chi connectivity index (χ2v) is 6.94. The molecule has 1 atom stereocenters. The third-order valence-corrected chi connectivity index (χ3v) is 3.29. The van der Waals surface area contributed by atoms with Crippen molar-refractivity contribution in [2.75, 3.05) is 10.7 Å². The number of alkyl carbamates (subject to hydrolysis) is 1. The summed E-state index contributed by atoms with van der Waals surface area (Å²) in [6.07, 6.45) is 2.51. The van der Waals surface area contributed by atoms with Crippen LogP contribution in [0, 0.1) is 0 Å². The van der Waals surface area contributed by atoms with Gasteiger partial charge in [0.05, 0.1) is 0 Å². The second-order valence-electron chi connectivity index (χ2n) is 6.94. The van der Waals surface area contributed by atoms with Gasteiger partial charge in [-0.1, -0.05) is 0 Å². The van der Waals surface area contributed by atoms with Crippen LogP contribution in [0.5, 0.6) is 0 Å². The number of nitrogens with zero attached hydrogens (tertiary/aromatic N) is 3. The SMILES string of the molecule is C[C@H](NC(=O)OC(C)(C)C)C(=O)Nn1cccc1C(=O)Nc1ccn(C)n1. The molecule has 0 unspecified atom stereocenters. The van der Waals surface area contributed by atoms with E-state index in [0.717, 1.165) is 0 Å². The molecule has 10 heteroatoms. The van der Waals surface area contributed by atoms with Gasteiger partial charge >= 0.3 is 6.09 Å². The molecule has 10 nitrogen and oxygen atoms in total. The first-order valence-electron chi connectivity index (χ1n) is 8.34. The summed E-state index contributed by atoms with van der Waals surface area (Å²) in [4.78, 5) is 36.4. The van der Waals surface area contributed by atoms with Crippen molar-refractivity contribution in [2.45, 2.75) is 39.3 Å². The van der Waals surface area contributed by atoms with Gasteiger partial charge in [0, 0.05) is 25.5 Å². The highest BCUT2D eigenvalue weighted by Crippen LogP contribution is 2.08. The fraction of sp³-hybridized carbons (Fsp3) is 0.412. The molecule has 2 aromatic heterocycles. The number of hydrogen-bond donors (Lipinski definition) is 3. The zero-order valence-electron chi connectivity index (χ0n) is 15.9. The van der Waals surface area contributed by atoms with Crippen LogP contribution in [0.4, 0.5) is 10.6 Å². The molecule has 0 saturated carbocycles. The first-order valence-corrected chi connectivity index (χ1v) is 8.34. The Labute approximate surface area is 156 Å². The lowest BCUT2D eigenvalue weighted by atomic mass is 10.2. The normalized spacial score (nSPS) is 12.2. The Morgan fingerprint density at radius 1 is 1.19 bits per heavy atom. The lowest BCUT2D eigenvalue weighted by molar-refractivity contribution is -0.118. The van der Waals surface area contributed by atoms with Crippen LogP contribution >= 0.6 is 0 Å². The minimum atomic E-state index is -0.867. The molecule has 0 radical (unpaired) electrons. The monoisotopic (exact) mass is 376 g/mol. The summed E-state index contributed by atoms with van der Waals surface area (Å²) in [7, 11) is 1.73. The molecule has 0 aromatic carbocycles. The number of carbonyl (C=O) groups is 3. The van der Waals surface area contributed by atoms with Crippen molar-refractivity contribution in [3.63, 3.8) is 0 Å². The Hall–Kier alpha value is -3.30. The summed E-state index contributed by atoms with van der Waals surface area (Å²) in [6, 6.07) is 3.94. The first-order chi connectivity index (χ1) is 12.5. The molecular formula is C17H24N6O4. The maximum Gasteiger partial charge on any atom is 0.408 e. The van der Waals surface area contributed by atoms with Gasteiger partial charge in [0.15, 0.2) is 5.82 Å². The van der Waals surface area contributed by atoms with Crippen LogP contribution in [0.15, 0.2) is 30.6 Å². The summed E-state index contributed by atoms with van der Waals surface area (Å²) in [6.45, 7) is 6.69. The van der Waals surface area contributed by atoms with Crippen molar-refractivity contribution in [3.8, 4) is 0 Å². The summed E-state index contributed by atoms with van der Waals surface area (Å²) < 4.78 is 7.94. The van der Waals surface area contributed by atoms with Gasteiger partial charge in [0.25, 0.3) is 11.8 Å². The van der Waals surface area contributed by atoms with E-state index in [4.69, 9.17) is 4.74 Å². The summed E-state index contributed by atoms with van der Waals surface area (Å²) >= 11 is 0. The van der Waals surface area contributed by atoms with Crippen LogP contribution in [0.3, 0.4) is 0 Å². The predicted molar refractivity (Wildman–Crippen MR) is 98.8 cm³/mol. The van der Waals surface area contributed by atoms with Crippen molar-refractivity contribution in [2.24, 2.45) is 7.05 Å². The summed E-state index contributed by atoms with van der Waals surface area (Å²) in [5.74, 6) is -0.558. The average Bonchev–Trinajstić information content (AvgIpc) is 3.14. The zero-order valence-corrected chi connectivity index (χ0v) is 15.9. The van der Waals surface area contributed by atoms with E-state index < -0.39 is 29.6 Å². The standard InChI is InChI=1S/C17H24N6O4/c1-11(18-16(26)27-17(2,3)4)14(24)21-23-9-6-7-12(23)15(25)19-13-8-10-22(5)20-13/h6-11H,1-5H3,(H,18,26)(H,21,24)(H,19,20,25)/t11-/m0/s1. The molecule has 3 amide bonds. The molecule has 27 heavy (non-hydrogen) atoms. The number of nitrogens with one attached hydrogen (secondary N) is 3. The number of aromatic nitrogens is 3. The van der Waals surface area contributed by atoms with E-state index in [-0.39, 0.29) is 5.69 Å². The Kier molecular flexibility index (Phi) is 5.88. The van der Waals surface area contributed by atoms with Crippen LogP contribution in [-0.2, 0) is 16.6 Å². The molecule has 0 fully saturated rings. The van der Waals surface area contributed by atoms with E-state index in [1.807, 2.05) is 0 Å². The Morgan fingerprint density at radius 2 is 1.89 bits per heavy atom. The third kappa shape index (κ3) is 5.87. The molecule has 0 aliphatic rings. The number of carbonyl (C=O) groups excluding carboxylic acids is 3. The second kappa shape index (κ2) is 7.94. The van der Waals surface area contributed by atoms with E-state index in [0.29, 0.717) is 5.82 Å². The van der Waals surface area contributed by atoms with Crippen molar-refractivity contribution in [3.05, 3.63) is 36.3 Å².